The first-order valence-electron chi connectivity index (χ1n) is 8.63. The SMILES string of the molecule is Cc1noc(C)c1C[C@H](C)NC(=O)N[C@@H]1CC(=O)N([C@@H]2C[C@@H]2C)C1. The Hall–Kier alpha value is -2.05. The zero-order valence-corrected chi connectivity index (χ0v) is 14.8. The molecule has 0 aromatic carbocycles. The predicted octanol–water partition coefficient (Wildman–Crippen LogP) is 1.53. The molecule has 0 unspecified atom stereocenters. The molecule has 0 bridgehead atoms. The van der Waals surface area contributed by atoms with Crippen LogP contribution in [-0.4, -0.2) is 46.7 Å². The van der Waals surface area contributed by atoms with Crippen molar-refractivity contribution in [3.05, 3.63) is 17.0 Å². The van der Waals surface area contributed by atoms with Gasteiger partial charge in [0.15, 0.2) is 0 Å². The van der Waals surface area contributed by atoms with Gasteiger partial charge < -0.3 is 20.1 Å². The Labute approximate surface area is 142 Å². The Morgan fingerprint density at radius 3 is 2.75 bits per heavy atom. The van der Waals surface area contributed by atoms with Gasteiger partial charge in [0.2, 0.25) is 5.91 Å². The van der Waals surface area contributed by atoms with Gasteiger partial charge >= 0.3 is 6.03 Å². The Kier molecular flexibility index (Phi) is 4.51. The molecule has 2 aliphatic rings. The first kappa shape index (κ1) is 16.8. The molecule has 0 radical (unpaired) electrons. The summed E-state index contributed by atoms with van der Waals surface area (Å²) in [5.41, 5.74) is 1.89. The molecule has 1 aromatic rings. The van der Waals surface area contributed by atoms with E-state index < -0.39 is 0 Å². The fourth-order valence-corrected chi connectivity index (χ4v) is 3.49. The van der Waals surface area contributed by atoms with Crippen molar-refractivity contribution < 1.29 is 14.1 Å². The van der Waals surface area contributed by atoms with Crippen LogP contribution in [0.1, 0.15) is 43.7 Å². The Bertz CT molecular complexity index is 622. The van der Waals surface area contributed by atoms with Crippen LogP contribution in [-0.2, 0) is 11.2 Å². The number of hydrogen-bond donors (Lipinski definition) is 2. The second-order valence-electron chi connectivity index (χ2n) is 7.25. The Morgan fingerprint density at radius 2 is 2.17 bits per heavy atom. The van der Waals surface area contributed by atoms with Gasteiger partial charge in [-0.25, -0.2) is 4.79 Å². The van der Waals surface area contributed by atoms with Crippen LogP contribution in [0.2, 0.25) is 0 Å². The number of aryl methyl sites for hydroxylation is 2. The molecule has 0 spiro atoms. The van der Waals surface area contributed by atoms with E-state index in [1.807, 2.05) is 25.7 Å². The van der Waals surface area contributed by atoms with E-state index in [4.69, 9.17) is 4.52 Å². The third-order valence-corrected chi connectivity index (χ3v) is 5.03. The lowest BCUT2D eigenvalue weighted by Crippen LogP contribution is -2.47. The highest BCUT2D eigenvalue weighted by Gasteiger charge is 2.44. The van der Waals surface area contributed by atoms with E-state index in [-0.39, 0.29) is 24.0 Å². The lowest BCUT2D eigenvalue weighted by molar-refractivity contribution is -0.128. The van der Waals surface area contributed by atoms with Crippen molar-refractivity contribution in [1.29, 1.82) is 0 Å². The summed E-state index contributed by atoms with van der Waals surface area (Å²) in [4.78, 5) is 26.1. The molecule has 24 heavy (non-hydrogen) atoms. The summed E-state index contributed by atoms with van der Waals surface area (Å²) in [5.74, 6) is 1.53. The van der Waals surface area contributed by atoms with Crippen molar-refractivity contribution >= 4 is 11.9 Å². The van der Waals surface area contributed by atoms with Gasteiger partial charge in [-0.1, -0.05) is 12.1 Å². The molecule has 7 heteroatoms. The number of nitrogens with one attached hydrogen (secondary N) is 2. The van der Waals surface area contributed by atoms with Gasteiger partial charge in [0, 0.05) is 30.6 Å². The van der Waals surface area contributed by atoms with Crippen LogP contribution in [0.5, 0.6) is 0 Å². The molecule has 3 amide bonds. The van der Waals surface area contributed by atoms with Crippen LogP contribution >= 0.6 is 0 Å². The minimum absolute atomic E-state index is 0.0431. The van der Waals surface area contributed by atoms with Crippen LogP contribution in [0.25, 0.3) is 0 Å². The zero-order chi connectivity index (χ0) is 17.4. The monoisotopic (exact) mass is 334 g/mol. The maximum absolute atomic E-state index is 12.2. The summed E-state index contributed by atoms with van der Waals surface area (Å²) in [6.07, 6.45) is 2.15. The molecule has 1 aliphatic carbocycles. The maximum atomic E-state index is 12.2. The van der Waals surface area contributed by atoms with Crippen molar-refractivity contribution in [2.24, 2.45) is 5.92 Å². The van der Waals surface area contributed by atoms with Crippen LogP contribution in [0, 0.1) is 19.8 Å². The summed E-state index contributed by atoms with van der Waals surface area (Å²) < 4.78 is 5.15. The van der Waals surface area contributed by atoms with E-state index in [0.717, 1.165) is 23.4 Å². The highest BCUT2D eigenvalue weighted by molar-refractivity contribution is 5.82. The van der Waals surface area contributed by atoms with Gasteiger partial charge in [-0.15, -0.1) is 0 Å². The average Bonchev–Trinajstić information content (AvgIpc) is 2.99. The van der Waals surface area contributed by atoms with Gasteiger partial charge in [0.05, 0.1) is 11.7 Å². The second-order valence-corrected chi connectivity index (χ2v) is 7.25. The quantitative estimate of drug-likeness (QED) is 0.855. The number of aromatic nitrogens is 1. The molecule has 4 atom stereocenters. The largest absolute Gasteiger partial charge is 0.361 e. The number of carbonyl (C=O) groups is 2. The highest BCUT2D eigenvalue weighted by Crippen LogP contribution is 2.37. The highest BCUT2D eigenvalue weighted by atomic mass is 16.5. The molecule has 1 aromatic heterocycles. The first-order valence-corrected chi connectivity index (χ1v) is 8.63. The van der Waals surface area contributed by atoms with Crippen LogP contribution in [0.4, 0.5) is 4.79 Å². The molecule has 2 fully saturated rings. The molecular formula is C17H26N4O3. The number of hydrogen-bond acceptors (Lipinski definition) is 4. The fraction of sp³-hybridized carbons (Fsp3) is 0.706. The minimum atomic E-state index is -0.224. The number of amides is 3. The molecule has 7 nitrogen and oxygen atoms in total. The Morgan fingerprint density at radius 1 is 1.46 bits per heavy atom. The van der Waals surface area contributed by atoms with Gasteiger partial charge in [-0.3, -0.25) is 4.79 Å². The van der Waals surface area contributed by atoms with Crippen LogP contribution in [0.3, 0.4) is 0 Å². The second kappa shape index (κ2) is 6.45. The van der Waals surface area contributed by atoms with E-state index in [1.54, 1.807) is 0 Å². The van der Waals surface area contributed by atoms with E-state index in [9.17, 15) is 9.59 Å². The number of likely N-dealkylation sites (tertiary alicyclic amines) is 1. The lowest BCUT2D eigenvalue weighted by atomic mass is 10.1. The van der Waals surface area contributed by atoms with E-state index in [2.05, 4.69) is 22.7 Å². The number of rotatable bonds is 5. The minimum Gasteiger partial charge on any atom is -0.361 e. The molecule has 1 saturated carbocycles. The number of carbonyl (C=O) groups excluding carboxylic acids is 2. The molecule has 132 valence electrons. The van der Waals surface area contributed by atoms with Crippen molar-refractivity contribution in [3.63, 3.8) is 0 Å². The van der Waals surface area contributed by atoms with Crippen LogP contribution < -0.4 is 10.6 Å². The molecule has 1 saturated heterocycles. The first-order chi connectivity index (χ1) is 11.3. The molecule has 3 rings (SSSR count). The standard InChI is InChI=1S/C17H26N4O3/c1-9-5-15(9)21-8-13(7-16(21)22)19-17(23)18-10(2)6-14-11(3)20-24-12(14)4/h9-10,13,15H,5-8H2,1-4H3,(H2,18,19,23)/t9-,10-,13+,15+/m0/s1. The zero-order valence-electron chi connectivity index (χ0n) is 14.8. The molecule has 2 N–H and O–H groups in total. The van der Waals surface area contributed by atoms with E-state index >= 15 is 0 Å². The lowest BCUT2D eigenvalue weighted by Gasteiger charge is -2.19. The molecule has 2 heterocycles. The summed E-state index contributed by atoms with van der Waals surface area (Å²) in [6, 6.07) is 0.0126. The third kappa shape index (κ3) is 3.55. The predicted molar refractivity (Wildman–Crippen MR) is 88.5 cm³/mol. The van der Waals surface area contributed by atoms with Gasteiger partial charge in [-0.05, 0) is 39.5 Å². The van der Waals surface area contributed by atoms with Crippen molar-refractivity contribution in [1.82, 2.24) is 20.7 Å². The smallest absolute Gasteiger partial charge is 0.315 e. The fourth-order valence-electron chi connectivity index (χ4n) is 3.49. The average molecular weight is 334 g/mol. The Balaban J connectivity index is 1.46. The summed E-state index contributed by atoms with van der Waals surface area (Å²) in [5, 5.41) is 9.79. The number of urea groups is 1. The van der Waals surface area contributed by atoms with Crippen LogP contribution in [0.15, 0.2) is 4.52 Å². The molecule has 1 aliphatic heterocycles. The van der Waals surface area contributed by atoms with Gasteiger partial charge in [0.25, 0.3) is 0 Å². The maximum Gasteiger partial charge on any atom is 0.315 e. The van der Waals surface area contributed by atoms with Gasteiger partial charge in [-0.2, -0.15) is 0 Å². The summed E-state index contributed by atoms with van der Waals surface area (Å²) >= 11 is 0. The summed E-state index contributed by atoms with van der Waals surface area (Å²) in [7, 11) is 0. The third-order valence-electron chi connectivity index (χ3n) is 5.03. The number of nitrogens with zero attached hydrogens (tertiary/aromatic N) is 2. The van der Waals surface area contributed by atoms with Crippen molar-refractivity contribution in [2.75, 3.05) is 6.54 Å². The topological polar surface area (TPSA) is 87.5 Å². The van der Waals surface area contributed by atoms with Gasteiger partial charge in [0.1, 0.15) is 5.76 Å². The normalized spacial score (nSPS) is 27.2. The van der Waals surface area contributed by atoms with Crippen molar-refractivity contribution in [2.45, 2.75) is 65.1 Å². The van der Waals surface area contributed by atoms with E-state index in [0.29, 0.717) is 31.3 Å². The van der Waals surface area contributed by atoms with Crippen molar-refractivity contribution in [3.8, 4) is 0 Å². The molecular weight excluding hydrogens is 308 g/mol. The van der Waals surface area contributed by atoms with E-state index in [1.165, 1.54) is 0 Å². The summed E-state index contributed by atoms with van der Waals surface area (Å²) in [6.45, 7) is 8.50.